The summed E-state index contributed by atoms with van der Waals surface area (Å²) in [6, 6.07) is 9.98. The van der Waals surface area contributed by atoms with Crippen LogP contribution < -0.4 is 5.32 Å². The lowest BCUT2D eigenvalue weighted by molar-refractivity contribution is -0.138. The van der Waals surface area contributed by atoms with E-state index in [0.717, 1.165) is 24.4 Å². The van der Waals surface area contributed by atoms with Crippen molar-refractivity contribution in [1.29, 1.82) is 0 Å². The van der Waals surface area contributed by atoms with E-state index in [4.69, 9.17) is 0 Å². The van der Waals surface area contributed by atoms with E-state index >= 15 is 0 Å². The molecule has 1 saturated carbocycles. The number of carbonyl (C=O) groups is 3. The summed E-state index contributed by atoms with van der Waals surface area (Å²) in [7, 11) is 0. The van der Waals surface area contributed by atoms with Crippen LogP contribution in [0.5, 0.6) is 0 Å². The fourth-order valence-electron chi connectivity index (χ4n) is 5.00. The van der Waals surface area contributed by atoms with Crippen molar-refractivity contribution in [1.82, 2.24) is 10.3 Å². The minimum absolute atomic E-state index is 0.151. The van der Waals surface area contributed by atoms with Gasteiger partial charge in [0.1, 0.15) is 11.7 Å². The lowest BCUT2D eigenvalue weighted by atomic mass is 9.85. The van der Waals surface area contributed by atoms with Crippen molar-refractivity contribution in [2.24, 2.45) is 5.92 Å². The van der Waals surface area contributed by atoms with Crippen LogP contribution in [0, 0.1) is 19.8 Å². The van der Waals surface area contributed by atoms with Gasteiger partial charge in [-0.3, -0.25) is 19.4 Å². The predicted molar refractivity (Wildman–Crippen MR) is 133 cm³/mol. The molecule has 0 aliphatic heterocycles. The Balaban J connectivity index is 1.45. The second-order valence-electron chi connectivity index (χ2n) is 9.84. The molecule has 0 bridgehead atoms. The molecule has 2 unspecified atom stereocenters. The molecule has 1 aliphatic rings. The van der Waals surface area contributed by atoms with Crippen molar-refractivity contribution < 1.29 is 40.7 Å². The second-order valence-corrected chi connectivity index (χ2v) is 9.84. The van der Waals surface area contributed by atoms with Crippen molar-refractivity contribution >= 4 is 17.5 Å². The summed E-state index contributed by atoms with van der Waals surface area (Å²) in [6.07, 6.45) is -8.74. The first-order valence-electron chi connectivity index (χ1n) is 12.3. The van der Waals surface area contributed by atoms with Gasteiger partial charge in [0, 0.05) is 37.1 Å². The minimum atomic E-state index is -4.52. The number of amides is 1. The summed E-state index contributed by atoms with van der Waals surface area (Å²) in [6.45, 7) is 3.20. The molecule has 11 heteroatoms. The Morgan fingerprint density at radius 1 is 0.925 bits per heavy atom. The smallest absolute Gasteiger partial charge is 0.352 e. The number of aryl methyl sites for hydroxylation is 2. The topological polar surface area (TPSA) is 76.1 Å². The summed E-state index contributed by atoms with van der Waals surface area (Å²) in [5, 5.41) is 2.51. The highest BCUT2D eigenvalue weighted by Crippen LogP contribution is 2.39. The first kappa shape index (κ1) is 29.0. The van der Waals surface area contributed by atoms with Crippen LogP contribution in [0.4, 0.5) is 26.3 Å². The number of carbonyl (C=O) groups excluding carboxylic acids is 3. The highest BCUT2D eigenvalue weighted by atomic mass is 19.4. The number of alkyl halides is 6. The van der Waals surface area contributed by atoms with Gasteiger partial charge in [0.15, 0.2) is 5.78 Å². The van der Waals surface area contributed by atoms with Gasteiger partial charge >= 0.3 is 12.4 Å². The molecule has 2 aromatic carbocycles. The lowest BCUT2D eigenvalue weighted by Crippen LogP contribution is -2.27. The molecular weight excluding hydrogens is 538 g/mol. The van der Waals surface area contributed by atoms with Crippen LogP contribution in [0.1, 0.15) is 52.1 Å². The van der Waals surface area contributed by atoms with E-state index in [1.807, 2.05) is 0 Å². The maximum Gasteiger partial charge on any atom is 0.417 e. The average molecular weight is 563 g/mol. The number of nitrogens with one attached hydrogen (secondary N) is 1. The molecule has 0 saturated heterocycles. The first-order valence-corrected chi connectivity index (χ1v) is 12.3. The third-order valence-electron chi connectivity index (χ3n) is 6.90. The zero-order valence-corrected chi connectivity index (χ0v) is 21.4. The number of Topliss-reactive ketones (excluding diaryl/α,β-unsaturated/α-hetero) is 2. The Bertz CT molecular complexity index is 1440. The summed E-state index contributed by atoms with van der Waals surface area (Å²) in [5.74, 6) is -3.32. The summed E-state index contributed by atoms with van der Waals surface area (Å²) < 4.78 is 77.3. The fraction of sp³-hybridized carbons (Fsp3) is 0.310. The van der Waals surface area contributed by atoms with Crippen LogP contribution in [-0.4, -0.2) is 22.5 Å². The van der Waals surface area contributed by atoms with Crippen LogP contribution in [0.3, 0.4) is 0 Å². The second kappa shape index (κ2) is 10.9. The molecule has 1 heterocycles. The molecule has 0 radical (unpaired) electrons. The van der Waals surface area contributed by atoms with E-state index in [1.54, 1.807) is 26.0 Å². The van der Waals surface area contributed by atoms with E-state index in [2.05, 4.69) is 10.3 Å². The molecular formula is C29H24F6N2O3. The van der Waals surface area contributed by atoms with Gasteiger partial charge in [0.2, 0.25) is 5.91 Å². The minimum Gasteiger partial charge on any atom is -0.352 e. The van der Waals surface area contributed by atoms with E-state index in [0.29, 0.717) is 27.9 Å². The predicted octanol–water partition coefficient (Wildman–Crippen LogP) is 6.35. The zero-order chi connectivity index (χ0) is 29.4. The Hall–Kier alpha value is -4.02. The Morgan fingerprint density at radius 3 is 2.15 bits per heavy atom. The third kappa shape index (κ3) is 6.24. The largest absolute Gasteiger partial charge is 0.417 e. The number of hydrogen-bond acceptors (Lipinski definition) is 4. The summed E-state index contributed by atoms with van der Waals surface area (Å²) >= 11 is 0. The number of benzene rings is 2. The van der Waals surface area contributed by atoms with Crippen LogP contribution in [0.2, 0.25) is 0 Å². The van der Waals surface area contributed by atoms with E-state index in [1.165, 1.54) is 18.2 Å². The molecule has 0 spiro atoms. The number of rotatable bonds is 6. The van der Waals surface area contributed by atoms with Gasteiger partial charge < -0.3 is 5.32 Å². The molecule has 3 aromatic rings. The van der Waals surface area contributed by atoms with Crippen LogP contribution in [0.15, 0.2) is 54.7 Å². The fourth-order valence-corrected chi connectivity index (χ4v) is 5.00. The number of hydrogen-bond donors (Lipinski definition) is 1. The Morgan fingerprint density at radius 2 is 1.57 bits per heavy atom. The molecule has 1 fully saturated rings. The maximum absolute atomic E-state index is 13.2. The van der Waals surface area contributed by atoms with Crippen LogP contribution in [-0.2, 0) is 33.3 Å². The molecule has 1 amide bonds. The van der Waals surface area contributed by atoms with E-state index < -0.39 is 47.0 Å². The third-order valence-corrected chi connectivity index (χ3v) is 6.90. The average Bonchev–Trinajstić information content (AvgIpc) is 3.14. The van der Waals surface area contributed by atoms with Gasteiger partial charge in [-0.2, -0.15) is 26.3 Å². The highest BCUT2D eigenvalue weighted by molar-refractivity contribution is 6.15. The van der Waals surface area contributed by atoms with Gasteiger partial charge in [0.25, 0.3) is 0 Å². The SMILES string of the molecule is Cc1cc(-c2ccc(C(F)(F)F)cn2)cc(C)c1C1C(=O)CC(CC(=O)NCc2cccc(C(F)(F)F)c2)C1=O. The maximum atomic E-state index is 13.2. The first-order chi connectivity index (χ1) is 18.6. The molecule has 4 rings (SSSR count). The standard InChI is InChI=1S/C29H24F6N2O3/c1-15-8-18(22-7-6-21(14-36-22)29(33,34)35)9-16(2)25(15)26-23(38)11-19(27(26)40)12-24(39)37-13-17-4-3-5-20(10-17)28(30,31)32/h3-10,14,19,26H,11-13H2,1-2H3,(H,37,39). The molecule has 1 aromatic heterocycles. The van der Waals surface area contributed by atoms with Crippen molar-refractivity contribution in [2.45, 2.75) is 51.5 Å². The van der Waals surface area contributed by atoms with Gasteiger partial charge in [-0.05, 0) is 72.5 Å². The van der Waals surface area contributed by atoms with Crippen molar-refractivity contribution in [3.8, 4) is 11.3 Å². The molecule has 1 N–H and O–H groups in total. The van der Waals surface area contributed by atoms with Crippen molar-refractivity contribution in [2.75, 3.05) is 0 Å². The number of pyridine rings is 1. The van der Waals surface area contributed by atoms with Crippen molar-refractivity contribution in [3.63, 3.8) is 0 Å². The number of nitrogens with zero attached hydrogens (tertiary/aromatic N) is 1. The Kier molecular flexibility index (Phi) is 7.87. The monoisotopic (exact) mass is 562 g/mol. The zero-order valence-electron chi connectivity index (χ0n) is 21.4. The number of ketones is 2. The molecule has 210 valence electrons. The molecule has 40 heavy (non-hydrogen) atoms. The van der Waals surface area contributed by atoms with E-state index in [-0.39, 0.29) is 30.7 Å². The molecule has 5 nitrogen and oxygen atoms in total. The van der Waals surface area contributed by atoms with Gasteiger partial charge in [-0.25, -0.2) is 0 Å². The summed E-state index contributed by atoms with van der Waals surface area (Å²) in [5.41, 5.74) is 0.983. The number of halogens is 6. The van der Waals surface area contributed by atoms with Crippen molar-refractivity contribution in [3.05, 3.63) is 88.1 Å². The Labute approximate surface area is 225 Å². The molecule has 2 atom stereocenters. The van der Waals surface area contributed by atoms with Gasteiger partial charge in [0.05, 0.1) is 16.8 Å². The quantitative estimate of drug-likeness (QED) is 0.281. The summed E-state index contributed by atoms with van der Waals surface area (Å²) in [4.78, 5) is 42.5. The normalized spacial score (nSPS) is 17.8. The van der Waals surface area contributed by atoms with E-state index in [9.17, 15) is 40.7 Å². The van der Waals surface area contributed by atoms with Gasteiger partial charge in [-0.1, -0.05) is 12.1 Å². The van der Waals surface area contributed by atoms with Gasteiger partial charge in [-0.15, -0.1) is 0 Å². The van der Waals surface area contributed by atoms with Crippen LogP contribution >= 0.6 is 0 Å². The lowest BCUT2D eigenvalue weighted by Gasteiger charge is -2.17. The number of aromatic nitrogens is 1. The molecule has 1 aliphatic carbocycles. The van der Waals surface area contributed by atoms with Crippen LogP contribution in [0.25, 0.3) is 11.3 Å². The highest BCUT2D eigenvalue weighted by Gasteiger charge is 2.44.